The maximum atomic E-state index is 10.1. The average molecular weight is 314 g/mol. The van der Waals surface area contributed by atoms with Gasteiger partial charge in [0.1, 0.15) is 11.7 Å². The molecular weight excluding hydrogens is 294 g/mol. The predicted molar refractivity (Wildman–Crippen MR) is 80.3 cm³/mol. The van der Waals surface area contributed by atoms with Gasteiger partial charge in [0.2, 0.25) is 0 Å². The lowest BCUT2D eigenvalue weighted by Crippen LogP contribution is -2.54. The van der Waals surface area contributed by atoms with Crippen LogP contribution in [-0.4, -0.2) is 23.8 Å². The van der Waals surface area contributed by atoms with Crippen LogP contribution in [0.1, 0.15) is 49.2 Å². The summed E-state index contributed by atoms with van der Waals surface area (Å²) in [6, 6.07) is 2.91. The van der Waals surface area contributed by atoms with Gasteiger partial charge < -0.3 is 15.2 Å². The number of rotatable bonds is 1. The van der Waals surface area contributed by atoms with Gasteiger partial charge in [0, 0.05) is 22.5 Å². The van der Waals surface area contributed by atoms with Gasteiger partial charge in [-0.25, -0.2) is 0 Å². The number of aliphatic hydroxyl groups is 1. The number of ether oxygens (including phenoxy) is 1. The summed E-state index contributed by atoms with van der Waals surface area (Å²) in [6.45, 7) is 2.63. The summed E-state index contributed by atoms with van der Waals surface area (Å²) in [6.07, 6.45) is 4.12. The summed E-state index contributed by atoms with van der Waals surface area (Å²) >= 11 is 7.79. The van der Waals surface area contributed by atoms with Crippen molar-refractivity contribution < 1.29 is 9.84 Å². The smallest absolute Gasteiger partial charge is 0.106 e. The van der Waals surface area contributed by atoms with Crippen LogP contribution in [0.4, 0.5) is 0 Å². The van der Waals surface area contributed by atoms with Crippen molar-refractivity contribution >= 4 is 22.9 Å². The second-order valence-corrected chi connectivity index (χ2v) is 8.26. The van der Waals surface area contributed by atoms with Crippen molar-refractivity contribution in [1.29, 1.82) is 0 Å². The van der Waals surface area contributed by atoms with Crippen LogP contribution in [0, 0.1) is 5.92 Å². The molecule has 0 amide bonds. The number of halogens is 1. The van der Waals surface area contributed by atoms with Crippen molar-refractivity contribution in [3.63, 3.8) is 0 Å². The van der Waals surface area contributed by atoms with Gasteiger partial charge in [-0.1, -0.05) is 11.6 Å². The van der Waals surface area contributed by atoms with Gasteiger partial charge in [0.05, 0.1) is 10.9 Å². The van der Waals surface area contributed by atoms with Crippen molar-refractivity contribution in [1.82, 2.24) is 5.32 Å². The lowest BCUT2D eigenvalue weighted by molar-refractivity contribution is -0.130. The minimum Gasteiger partial charge on any atom is -0.386 e. The van der Waals surface area contributed by atoms with E-state index in [1.54, 1.807) is 11.3 Å². The fraction of sp³-hybridized carbons (Fsp3) is 0.733. The topological polar surface area (TPSA) is 41.5 Å². The zero-order valence-corrected chi connectivity index (χ0v) is 13.1. The van der Waals surface area contributed by atoms with E-state index < -0.39 is 6.10 Å². The van der Waals surface area contributed by atoms with Gasteiger partial charge >= 0.3 is 0 Å². The first-order valence-electron chi connectivity index (χ1n) is 7.45. The Kier molecular flexibility index (Phi) is 3.17. The number of hydrogen-bond acceptors (Lipinski definition) is 4. The maximum absolute atomic E-state index is 10.1. The molecule has 3 nitrogen and oxygen atoms in total. The first-order chi connectivity index (χ1) is 9.57. The van der Waals surface area contributed by atoms with Crippen LogP contribution in [0.3, 0.4) is 0 Å². The van der Waals surface area contributed by atoms with E-state index >= 15 is 0 Å². The molecule has 5 heteroatoms. The average Bonchev–Trinajstić information content (AvgIpc) is 3.16. The molecule has 1 aromatic heterocycles. The molecule has 110 valence electrons. The second-order valence-electron chi connectivity index (χ2n) is 6.58. The molecule has 4 unspecified atom stereocenters. The number of thiophene rings is 1. The Morgan fingerprint density at radius 2 is 2.25 bits per heavy atom. The molecule has 4 atom stereocenters. The minimum absolute atomic E-state index is 0.232. The van der Waals surface area contributed by atoms with Crippen LogP contribution in [0.25, 0.3) is 0 Å². The first kappa shape index (κ1) is 13.5. The summed E-state index contributed by atoms with van der Waals surface area (Å²) in [5.74, 6) is 0.809. The van der Waals surface area contributed by atoms with Crippen molar-refractivity contribution in [3.8, 4) is 0 Å². The summed E-state index contributed by atoms with van der Waals surface area (Å²) in [5, 5.41) is 13.9. The van der Waals surface area contributed by atoms with Crippen molar-refractivity contribution in [2.24, 2.45) is 5.92 Å². The van der Waals surface area contributed by atoms with Gasteiger partial charge in [0.25, 0.3) is 0 Å². The summed E-state index contributed by atoms with van der Waals surface area (Å²) in [5.41, 5.74) is 0.763. The first-order valence-corrected chi connectivity index (χ1v) is 8.65. The summed E-state index contributed by atoms with van der Waals surface area (Å²) in [7, 11) is 0. The molecule has 2 fully saturated rings. The number of aliphatic hydroxyl groups excluding tert-OH is 1. The maximum Gasteiger partial charge on any atom is 0.106 e. The van der Waals surface area contributed by atoms with E-state index in [0.29, 0.717) is 18.7 Å². The lowest BCUT2D eigenvalue weighted by atomic mass is 9.78. The molecule has 1 aromatic rings. The Morgan fingerprint density at radius 1 is 1.45 bits per heavy atom. The molecule has 1 spiro atoms. The van der Waals surface area contributed by atoms with Gasteiger partial charge in [0.15, 0.2) is 0 Å². The van der Waals surface area contributed by atoms with Crippen LogP contribution in [-0.2, 0) is 10.3 Å². The fourth-order valence-corrected chi connectivity index (χ4v) is 5.35. The second kappa shape index (κ2) is 4.68. The lowest BCUT2D eigenvalue weighted by Gasteiger charge is -2.47. The monoisotopic (exact) mass is 313 g/mol. The molecule has 0 aromatic carbocycles. The number of fused-ring (bicyclic) bond motifs is 2. The number of piperidine rings is 1. The van der Waals surface area contributed by atoms with E-state index in [1.165, 1.54) is 17.7 Å². The third-order valence-electron chi connectivity index (χ3n) is 4.90. The molecule has 0 radical (unpaired) electrons. The molecule has 3 heterocycles. The molecule has 0 bridgehead atoms. The quantitative estimate of drug-likeness (QED) is 0.836. The van der Waals surface area contributed by atoms with E-state index in [9.17, 15) is 5.11 Å². The van der Waals surface area contributed by atoms with E-state index in [4.69, 9.17) is 16.3 Å². The van der Waals surface area contributed by atoms with E-state index in [-0.39, 0.29) is 5.60 Å². The van der Waals surface area contributed by atoms with Crippen molar-refractivity contribution in [3.05, 3.63) is 20.8 Å². The van der Waals surface area contributed by atoms with E-state index in [2.05, 4.69) is 12.2 Å². The fourth-order valence-electron chi connectivity index (χ4n) is 3.89. The van der Waals surface area contributed by atoms with Crippen molar-refractivity contribution in [2.45, 2.75) is 56.4 Å². The molecule has 4 rings (SSSR count). The van der Waals surface area contributed by atoms with Gasteiger partial charge in [-0.05, 0) is 44.6 Å². The molecule has 3 aliphatic rings. The highest BCUT2D eigenvalue weighted by molar-refractivity contribution is 7.16. The Labute approximate surface area is 128 Å². The van der Waals surface area contributed by atoms with Crippen molar-refractivity contribution in [2.75, 3.05) is 6.61 Å². The van der Waals surface area contributed by atoms with Crippen LogP contribution < -0.4 is 5.32 Å². The third kappa shape index (κ3) is 2.13. The highest BCUT2D eigenvalue weighted by atomic mass is 35.5. The largest absolute Gasteiger partial charge is 0.386 e. The van der Waals surface area contributed by atoms with Gasteiger partial charge in [-0.2, -0.15) is 0 Å². The molecule has 1 saturated carbocycles. The minimum atomic E-state index is -0.524. The molecule has 2 N–H and O–H groups in total. The Bertz CT molecular complexity index is 530. The Morgan fingerprint density at radius 3 is 3.00 bits per heavy atom. The molecule has 20 heavy (non-hydrogen) atoms. The third-order valence-corrected chi connectivity index (χ3v) is 6.36. The number of hydrogen-bond donors (Lipinski definition) is 2. The van der Waals surface area contributed by atoms with Crippen LogP contribution in [0.5, 0.6) is 0 Å². The highest BCUT2D eigenvalue weighted by Crippen LogP contribution is 2.52. The molecule has 1 aliphatic carbocycles. The number of nitrogens with one attached hydrogen (secondary N) is 1. The van der Waals surface area contributed by atoms with Crippen LogP contribution in [0.15, 0.2) is 6.07 Å². The SMILES string of the molecule is CC1CC2(CC(C3CC3)N1)OCC(O)c1cc(Cl)sc12. The Balaban J connectivity index is 1.73. The highest BCUT2D eigenvalue weighted by Gasteiger charge is 2.50. The molecule has 1 saturated heterocycles. The zero-order chi connectivity index (χ0) is 13.9. The summed E-state index contributed by atoms with van der Waals surface area (Å²) in [4.78, 5) is 1.17. The zero-order valence-electron chi connectivity index (χ0n) is 11.6. The van der Waals surface area contributed by atoms with Gasteiger partial charge in [-0.15, -0.1) is 11.3 Å². The van der Waals surface area contributed by atoms with Crippen LogP contribution in [0.2, 0.25) is 4.34 Å². The predicted octanol–water partition coefficient (Wildman–Crippen LogP) is 3.21. The normalized spacial score (nSPS) is 40.9. The molecular formula is C15H20ClNO2S. The molecule has 2 aliphatic heterocycles. The summed E-state index contributed by atoms with van der Waals surface area (Å²) < 4.78 is 6.96. The Hall–Kier alpha value is -0.130. The van der Waals surface area contributed by atoms with Crippen LogP contribution >= 0.6 is 22.9 Å². The van der Waals surface area contributed by atoms with E-state index in [0.717, 1.165) is 28.7 Å². The standard InChI is InChI=1S/C15H20ClNO2S/c1-8-5-15(6-11(17-8)9-2-3-9)14-10(4-13(16)20-14)12(18)7-19-15/h4,8-9,11-12,17-18H,2-3,5-7H2,1H3. The van der Waals surface area contributed by atoms with E-state index in [1.807, 2.05) is 6.07 Å². The van der Waals surface area contributed by atoms with Gasteiger partial charge in [-0.3, -0.25) is 0 Å².